The number of nitrogens with one attached hydrogen (secondary N) is 2. The molecular formula is C19H23ClN2O4S2. The molecule has 0 unspecified atom stereocenters. The van der Waals surface area contributed by atoms with Crippen LogP contribution in [0.2, 0.25) is 5.02 Å². The molecule has 0 aromatic heterocycles. The lowest BCUT2D eigenvalue weighted by atomic mass is 10.3. The molecule has 0 saturated carbocycles. The molecule has 9 heteroatoms. The van der Waals surface area contributed by atoms with E-state index in [4.69, 9.17) is 16.3 Å². The average molecular weight is 443 g/mol. The van der Waals surface area contributed by atoms with Gasteiger partial charge in [-0.2, -0.15) is 0 Å². The first-order chi connectivity index (χ1) is 13.1. The summed E-state index contributed by atoms with van der Waals surface area (Å²) in [6.07, 6.45) is 0. The third-order valence-corrected chi connectivity index (χ3v) is 6.65. The maximum absolute atomic E-state index is 12.6. The number of ether oxygens (including phenoxy) is 1. The van der Waals surface area contributed by atoms with Crippen LogP contribution < -0.4 is 14.8 Å². The summed E-state index contributed by atoms with van der Waals surface area (Å²) >= 11 is 7.25. The molecule has 6 nitrogen and oxygen atoms in total. The number of rotatable bonds is 8. The quantitative estimate of drug-likeness (QED) is 0.600. The molecule has 2 N–H and O–H groups in total. The fourth-order valence-corrected chi connectivity index (χ4v) is 4.61. The number of methoxy groups -OCH3 is 1. The highest BCUT2D eigenvalue weighted by atomic mass is 35.5. The van der Waals surface area contributed by atoms with Gasteiger partial charge in [0.2, 0.25) is 15.9 Å². The van der Waals surface area contributed by atoms with Crippen molar-refractivity contribution in [3.63, 3.8) is 0 Å². The second-order valence-corrected chi connectivity index (χ2v) is 9.91. The zero-order chi connectivity index (χ0) is 20.9. The van der Waals surface area contributed by atoms with Gasteiger partial charge in [0.25, 0.3) is 0 Å². The molecule has 2 aromatic carbocycles. The highest BCUT2D eigenvalue weighted by molar-refractivity contribution is 8.00. The predicted molar refractivity (Wildman–Crippen MR) is 114 cm³/mol. The molecule has 0 bridgehead atoms. The van der Waals surface area contributed by atoms with E-state index in [9.17, 15) is 13.2 Å². The Morgan fingerprint density at radius 3 is 2.32 bits per heavy atom. The van der Waals surface area contributed by atoms with Gasteiger partial charge >= 0.3 is 0 Å². The maximum atomic E-state index is 12.6. The van der Waals surface area contributed by atoms with Crippen molar-refractivity contribution in [1.82, 2.24) is 4.72 Å². The normalized spacial score (nSPS) is 12.6. The van der Waals surface area contributed by atoms with Crippen molar-refractivity contribution in [2.75, 3.05) is 12.4 Å². The van der Waals surface area contributed by atoms with E-state index in [2.05, 4.69) is 10.0 Å². The third-order valence-electron chi connectivity index (χ3n) is 3.63. The lowest BCUT2D eigenvalue weighted by Gasteiger charge is -2.16. The number of thioether (sulfide) groups is 1. The van der Waals surface area contributed by atoms with Crippen LogP contribution in [0.5, 0.6) is 5.75 Å². The summed E-state index contributed by atoms with van der Waals surface area (Å²) in [5.74, 6) is 0.102. The van der Waals surface area contributed by atoms with Gasteiger partial charge in [-0.3, -0.25) is 4.79 Å². The molecular weight excluding hydrogens is 420 g/mol. The molecule has 0 radical (unpaired) electrons. The Hall–Kier alpha value is -1.74. The van der Waals surface area contributed by atoms with Crippen LogP contribution in [0.1, 0.15) is 20.8 Å². The first-order valence-electron chi connectivity index (χ1n) is 8.56. The summed E-state index contributed by atoms with van der Waals surface area (Å²) in [5.41, 5.74) is 0.294. The molecule has 1 amide bonds. The molecule has 152 valence electrons. The number of amides is 1. The van der Waals surface area contributed by atoms with Crippen LogP contribution in [-0.2, 0) is 14.8 Å². The molecule has 1 atom stereocenters. The van der Waals surface area contributed by atoms with Crippen LogP contribution in [0.25, 0.3) is 0 Å². The van der Waals surface area contributed by atoms with Gasteiger partial charge in [0.05, 0.1) is 22.9 Å². The first kappa shape index (κ1) is 22.5. The van der Waals surface area contributed by atoms with E-state index < -0.39 is 15.3 Å². The van der Waals surface area contributed by atoms with E-state index in [1.807, 2.05) is 12.1 Å². The molecule has 0 fully saturated rings. The first-order valence-corrected chi connectivity index (χ1v) is 11.3. The lowest BCUT2D eigenvalue weighted by Crippen LogP contribution is -2.30. The summed E-state index contributed by atoms with van der Waals surface area (Å²) in [7, 11) is -2.23. The van der Waals surface area contributed by atoms with Crippen molar-refractivity contribution in [3.05, 3.63) is 47.5 Å². The molecule has 0 aliphatic carbocycles. The number of anilines is 1. The number of carbonyl (C=O) groups excluding carboxylic acids is 1. The van der Waals surface area contributed by atoms with Crippen molar-refractivity contribution in [3.8, 4) is 5.75 Å². The topological polar surface area (TPSA) is 84.5 Å². The smallest absolute Gasteiger partial charge is 0.240 e. The molecule has 2 rings (SSSR count). The second-order valence-electron chi connectivity index (χ2n) is 6.34. The molecule has 2 aromatic rings. The summed E-state index contributed by atoms with van der Waals surface area (Å²) in [6.45, 7) is 5.24. The maximum Gasteiger partial charge on any atom is 0.240 e. The third kappa shape index (κ3) is 6.13. The van der Waals surface area contributed by atoms with Crippen molar-refractivity contribution in [2.45, 2.75) is 41.9 Å². The summed E-state index contributed by atoms with van der Waals surface area (Å²) in [5, 5.41) is 2.96. The molecule has 0 heterocycles. The van der Waals surface area contributed by atoms with E-state index in [0.717, 1.165) is 4.90 Å². The van der Waals surface area contributed by atoms with Crippen LogP contribution in [-0.4, -0.2) is 32.7 Å². The highest BCUT2D eigenvalue weighted by Gasteiger charge is 2.20. The van der Waals surface area contributed by atoms with Crippen molar-refractivity contribution >= 4 is 45.0 Å². The van der Waals surface area contributed by atoms with Gasteiger partial charge in [0, 0.05) is 16.0 Å². The number of halogens is 1. The van der Waals surface area contributed by atoms with Crippen LogP contribution in [0.15, 0.2) is 52.3 Å². The number of benzene rings is 2. The Labute approximate surface area is 175 Å². The van der Waals surface area contributed by atoms with Gasteiger partial charge in [0.15, 0.2) is 0 Å². The predicted octanol–water partition coefficient (Wildman–Crippen LogP) is 4.15. The van der Waals surface area contributed by atoms with Gasteiger partial charge < -0.3 is 10.1 Å². The van der Waals surface area contributed by atoms with Gasteiger partial charge in [-0.25, -0.2) is 13.1 Å². The van der Waals surface area contributed by atoms with E-state index in [0.29, 0.717) is 16.5 Å². The summed E-state index contributed by atoms with van der Waals surface area (Å²) in [4.78, 5) is 13.6. The largest absolute Gasteiger partial charge is 0.495 e. The second kappa shape index (κ2) is 9.65. The molecule has 0 aliphatic heterocycles. The lowest BCUT2D eigenvalue weighted by molar-refractivity contribution is -0.115. The Kier molecular flexibility index (Phi) is 7.77. The zero-order valence-corrected chi connectivity index (χ0v) is 18.4. The SMILES string of the molecule is COc1ccc(S(=O)(=O)NC(C)C)cc1NC(=O)[C@@H](C)Sc1ccc(Cl)cc1. The van der Waals surface area contributed by atoms with Crippen LogP contribution in [0, 0.1) is 0 Å². The van der Waals surface area contributed by atoms with Crippen LogP contribution in [0.3, 0.4) is 0 Å². The highest BCUT2D eigenvalue weighted by Crippen LogP contribution is 2.30. The number of sulfonamides is 1. The molecule has 0 aliphatic rings. The minimum atomic E-state index is -3.69. The number of carbonyl (C=O) groups is 1. The summed E-state index contributed by atoms with van der Waals surface area (Å²) < 4.78 is 32.6. The van der Waals surface area contributed by atoms with E-state index in [-0.39, 0.29) is 16.8 Å². The molecule has 28 heavy (non-hydrogen) atoms. The Balaban J connectivity index is 2.20. The van der Waals surface area contributed by atoms with Crippen molar-refractivity contribution in [1.29, 1.82) is 0 Å². The zero-order valence-electron chi connectivity index (χ0n) is 16.0. The minimum Gasteiger partial charge on any atom is -0.495 e. The molecule has 0 saturated heterocycles. The minimum absolute atomic E-state index is 0.0512. The Morgan fingerprint density at radius 2 is 1.75 bits per heavy atom. The standard InChI is InChI=1S/C19H23ClN2O4S2/c1-12(2)22-28(24,25)16-9-10-18(26-4)17(11-16)21-19(23)13(3)27-15-7-5-14(20)6-8-15/h5-13,22H,1-4H3,(H,21,23)/t13-/m1/s1. The Morgan fingerprint density at radius 1 is 1.11 bits per heavy atom. The Bertz CT molecular complexity index is 931. The van der Waals surface area contributed by atoms with Gasteiger partial charge in [-0.15, -0.1) is 11.8 Å². The van der Waals surface area contributed by atoms with E-state index in [1.165, 1.54) is 37.1 Å². The number of hydrogen-bond donors (Lipinski definition) is 2. The monoisotopic (exact) mass is 442 g/mol. The van der Waals surface area contributed by atoms with Crippen molar-refractivity contribution < 1.29 is 17.9 Å². The van der Waals surface area contributed by atoms with Crippen LogP contribution in [0.4, 0.5) is 5.69 Å². The fourth-order valence-electron chi connectivity index (χ4n) is 2.34. The summed E-state index contributed by atoms with van der Waals surface area (Å²) in [6, 6.07) is 11.3. The van der Waals surface area contributed by atoms with Gasteiger partial charge in [-0.1, -0.05) is 11.6 Å². The van der Waals surface area contributed by atoms with Crippen LogP contribution >= 0.6 is 23.4 Å². The van der Waals surface area contributed by atoms with E-state index >= 15 is 0 Å². The molecule has 0 spiro atoms. The van der Waals surface area contributed by atoms with Gasteiger partial charge in [-0.05, 0) is 63.2 Å². The fraction of sp³-hybridized carbons (Fsp3) is 0.316. The van der Waals surface area contributed by atoms with Crippen molar-refractivity contribution in [2.24, 2.45) is 0 Å². The number of hydrogen-bond acceptors (Lipinski definition) is 5. The van der Waals surface area contributed by atoms with E-state index in [1.54, 1.807) is 32.9 Å². The average Bonchev–Trinajstić information content (AvgIpc) is 2.62. The van der Waals surface area contributed by atoms with Gasteiger partial charge in [0.1, 0.15) is 5.75 Å².